The van der Waals surface area contributed by atoms with Gasteiger partial charge in [-0.1, -0.05) is 18.2 Å². The number of aromatic nitrogens is 2. The molecular weight excluding hydrogens is 528 g/mol. The number of carbonyl (C=O) groups excluding carboxylic acids is 5. The largest absolute Gasteiger partial charge is 0.444 e. The Labute approximate surface area is 237 Å². The number of amides is 5. The first-order valence-corrected chi connectivity index (χ1v) is 13.5. The summed E-state index contributed by atoms with van der Waals surface area (Å²) in [7, 11) is 0. The van der Waals surface area contributed by atoms with Crippen LogP contribution in [0.2, 0.25) is 0 Å². The van der Waals surface area contributed by atoms with Gasteiger partial charge in [-0.3, -0.25) is 24.5 Å². The molecule has 3 aliphatic heterocycles. The first-order valence-electron chi connectivity index (χ1n) is 13.5. The Morgan fingerprint density at radius 2 is 1.90 bits per heavy atom. The maximum atomic E-state index is 12.9. The molecule has 0 saturated carbocycles. The number of carbonyl (C=O) groups is 5. The average Bonchev–Trinajstić information content (AvgIpc) is 3.26. The Balaban J connectivity index is 1.15. The minimum atomic E-state index is -0.675. The van der Waals surface area contributed by atoms with Crippen molar-refractivity contribution in [1.82, 2.24) is 30.6 Å². The quantitative estimate of drug-likeness (QED) is 0.528. The second-order valence-electron chi connectivity index (χ2n) is 11.3. The minimum Gasteiger partial charge on any atom is -0.444 e. The maximum Gasteiger partial charge on any atom is 0.410 e. The highest BCUT2D eigenvalue weighted by Gasteiger charge is 2.39. The number of nitrogens with one attached hydrogen (secondary N) is 2. The van der Waals surface area contributed by atoms with E-state index in [1.807, 2.05) is 32.9 Å². The summed E-state index contributed by atoms with van der Waals surface area (Å²) in [5.74, 6) is -1.42. The van der Waals surface area contributed by atoms with Crippen molar-refractivity contribution in [1.29, 1.82) is 0 Å². The summed E-state index contributed by atoms with van der Waals surface area (Å²) in [5.41, 5.74) is 3.28. The molecule has 0 radical (unpaired) electrons. The van der Waals surface area contributed by atoms with E-state index in [-0.39, 0.29) is 49.0 Å². The van der Waals surface area contributed by atoms with Gasteiger partial charge in [-0.2, -0.15) is 5.10 Å². The van der Waals surface area contributed by atoms with E-state index in [1.54, 1.807) is 29.2 Å². The highest BCUT2D eigenvalue weighted by atomic mass is 16.6. The summed E-state index contributed by atoms with van der Waals surface area (Å²) in [6.07, 6.45) is 2.66. The second kappa shape index (κ2) is 11.1. The Hall–Kier alpha value is -4.61. The van der Waals surface area contributed by atoms with Crippen molar-refractivity contribution in [2.24, 2.45) is 0 Å². The van der Waals surface area contributed by atoms with Crippen LogP contribution in [0.3, 0.4) is 0 Å². The fraction of sp³-hybridized carbons (Fsp3) is 0.414. The molecule has 12 heteroatoms. The van der Waals surface area contributed by atoms with E-state index in [0.717, 1.165) is 16.7 Å². The highest BCUT2D eigenvalue weighted by molar-refractivity contribution is 6.05. The molecule has 2 aromatic rings. The fourth-order valence-electron chi connectivity index (χ4n) is 5.03. The average molecular weight is 561 g/mol. The zero-order chi connectivity index (χ0) is 29.3. The van der Waals surface area contributed by atoms with Gasteiger partial charge in [-0.25, -0.2) is 4.79 Å². The number of imide groups is 1. The van der Waals surface area contributed by atoms with E-state index in [0.29, 0.717) is 37.2 Å². The number of benzene rings is 1. The first kappa shape index (κ1) is 27.9. The summed E-state index contributed by atoms with van der Waals surface area (Å²) >= 11 is 0. The molecule has 0 aliphatic carbocycles. The van der Waals surface area contributed by atoms with Gasteiger partial charge in [0, 0.05) is 38.2 Å². The highest BCUT2D eigenvalue weighted by Crippen LogP contribution is 2.28. The summed E-state index contributed by atoms with van der Waals surface area (Å²) in [6.45, 7) is 6.88. The number of rotatable bonds is 5. The SMILES string of the molecule is CC(C)(C)OC(=O)N1CC=C(c2ccc(C(=O)NCc3ccc4c(c3)CN(C3CCC(=O)NC3=O)C4=O)nn2)CC1. The van der Waals surface area contributed by atoms with Gasteiger partial charge >= 0.3 is 6.09 Å². The van der Waals surface area contributed by atoms with Crippen LogP contribution in [0.25, 0.3) is 5.57 Å². The first-order chi connectivity index (χ1) is 19.5. The summed E-state index contributed by atoms with van der Waals surface area (Å²) in [5, 5.41) is 13.4. The molecule has 5 amide bonds. The van der Waals surface area contributed by atoms with Gasteiger partial charge in [0.1, 0.15) is 11.6 Å². The standard InChI is InChI=1S/C29H32N6O6/c1-29(2,3)41-28(40)34-12-10-18(11-13-34)21-6-7-22(33-32-21)25(37)30-15-17-4-5-20-19(14-17)16-35(27(20)39)23-8-9-24(36)31-26(23)38/h4-7,10,14,23H,8-9,11-13,15-16H2,1-3H3,(H,30,37)(H,31,36,38). The van der Waals surface area contributed by atoms with Crippen LogP contribution in [-0.2, 0) is 27.4 Å². The smallest absolute Gasteiger partial charge is 0.410 e. The van der Waals surface area contributed by atoms with Gasteiger partial charge in [-0.15, -0.1) is 5.10 Å². The monoisotopic (exact) mass is 560 g/mol. The van der Waals surface area contributed by atoms with E-state index in [9.17, 15) is 24.0 Å². The van der Waals surface area contributed by atoms with Gasteiger partial charge in [-0.05, 0) is 68.5 Å². The van der Waals surface area contributed by atoms with Crippen LogP contribution in [0.5, 0.6) is 0 Å². The molecule has 12 nitrogen and oxygen atoms in total. The third kappa shape index (κ3) is 6.26. The Morgan fingerprint density at radius 3 is 2.56 bits per heavy atom. The Kier molecular flexibility index (Phi) is 7.57. The molecule has 1 atom stereocenters. The molecule has 0 spiro atoms. The van der Waals surface area contributed by atoms with Crippen LogP contribution >= 0.6 is 0 Å². The molecule has 1 aromatic heterocycles. The molecular formula is C29H32N6O6. The van der Waals surface area contributed by atoms with E-state index in [4.69, 9.17) is 4.74 Å². The fourth-order valence-corrected chi connectivity index (χ4v) is 5.03. The molecule has 3 aliphatic rings. The third-order valence-electron chi connectivity index (χ3n) is 7.13. The third-order valence-corrected chi connectivity index (χ3v) is 7.13. The number of nitrogens with zero attached hydrogens (tertiary/aromatic N) is 4. The molecule has 5 rings (SSSR count). The molecule has 1 fully saturated rings. The zero-order valence-electron chi connectivity index (χ0n) is 23.2. The predicted octanol–water partition coefficient (Wildman–Crippen LogP) is 2.19. The lowest BCUT2D eigenvalue weighted by Crippen LogP contribution is -2.52. The number of ether oxygens (including phenoxy) is 1. The number of fused-ring (bicyclic) bond motifs is 1. The zero-order valence-corrected chi connectivity index (χ0v) is 23.2. The van der Waals surface area contributed by atoms with Crippen molar-refractivity contribution in [2.75, 3.05) is 13.1 Å². The molecule has 1 aromatic carbocycles. The second-order valence-corrected chi connectivity index (χ2v) is 11.3. The maximum absolute atomic E-state index is 12.9. The van der Waals surface area contributed by atoms with Crippen LogP contribution in [0.1, 0.15) is 77.7 Å². The molecule has 214 valence electrons. The number of hydrogen-bond donors (Lipinski definition) is 2. The van der Waals surface area contributed by atoms with Crippen molar-refractivity contribution in [3.63, 3.8) is 0 Å². The van der Waals surface area contributed by atoms with E-state index < -0.39 is 17.6 Å². The van der Waals surface area contributed by atoms with Crippen molar-refractivity contribution in [2.45, 2.75) is 64.8 Å². The molecule has 0 bridgehead atoms. The summed E-state index contributed by atoms with van der Waals surface area (Å²) in [4.78, 5) is 64.7. The van der Waals surface area contributed by atoms with Crippen LogP contribution in [0, 0.1) is 0 Å². The number of hydrogen-bond acceptors (Lipinski definition) is 8. The molecule has 1 saturated heterocycles. The van der Waals surface area contributed by atoms with Gasteiger partial charge in [0.25, 0.3) is 11.8 Å². The summed E-state index contributed by atoms with van der Waals surface area (Å²) < 4.78 is 5.42. The molecule has 41 heavy (non-hydrogen) atoms. The van der Waals surface area contributed by atoms with Gasteiger partial charge in [0.15, 0.2) is 5.69 Å². The van der Waals surface area contributed by atoms with Crippen LogP contribution in [0.15, 0.2) is 36.4 Å². The molecule has 4 heterocycles. The van der Waals surface area contributed by atoms with Crippen molar-refractivity contribution in [3.8, 4) is 0 Å². The topological polar surface area (TPSA) is 151 Å². The number of piperidine rings is 1. The van der Waals surface area contributed by atoms with Gasteiger partial charge in [0.05, 0.1) is 5.69 Å². The van der Waals surface area contributed by atoms with E-state index in [1.165, 1.54) is 4.90 Å². The Bertz CT molecular complexity index is 1440. The van der Waals surface area contributed by atoms with Crippen molar-refractivity contribution >= 4 is 35.3 Å². The van der Waals surface area contributed by atoms with Crippen LogP contribution in [0.4, 0.5) is 4.79 Å². The lowest BCUT2D eigenvalue weighted by atomic mass is 10.0. The normalized spacial score (nSPS) is 19.0. The van der Waals surface area contributed by atoms with Crippen LogP contribution in [-0.4, -0.2) is 74.5 Å². The molecule has 2 N–H and O–H groups in total. The van der Waals surface area contributed by atoms with Gasteiger partial charge in [0.2, 0.25) is 11.8 Å². The van der Waals surface area contributed by atoms with Gasteiger partial charge < -0.3 is 19.9 Å². The van der Waals surface area contributed by atoms with E-state index >= 15 is 0 Å². The van der Waals surface area contributed by atoms with Crippen molar-refractivity contribution < 1.29 is 28.7 Å². The lowest BCUT2D eigenvalue weighted by molar-refractivity contribution is -0.136. The Morgan fingerprint density at radius 1 is 1.10 bits per heavy atom. The predicted molar refractivity (Wildman–Crippen MR) is 146 cm³/mol. The van der Waals surface area contributed by atoms with Crippen LogP contribution < -0.4 is 10.6 Å². The van der Waals surface area contributed by atoms with E-state index in [2.05, 4.69) is 20.8 Å². The van der Waals surface area contributed by atoms with Crippen molar-refractivity contribution in [3.05, 3.63) is 64.5 Å². The summed E-state index contributed by atoms with van der Waals surface area (Å²) in [6, 6.07) is 7.96. The lowest BCUT2D eigenvalue weighted by Gasteiger charge is -2.29. The molecule has 1 unspecified atom stereocenters. The minimum absolute atomic E-state index is 0.168.